The van der Waals surface area contributed by atoms with Crippen LogP contribution in [0.25, 0.3) is 0 Å². The molecule has 0 N–H and O–H groups in total. The molecule has 3 nitrogen and oxygen atoms in total. The lowest BCUT2D eigenvalue weighted by molar-refractivity contribution is -0.481. The number of rotatable bonds is 2. The van der Waals surface area contributed by atoms with Crippen LogP contribution in [-0.4, -0.2) is 54.0 Å². The third-order valence-electron chi connectivity index (χ3n) is 2.95. The molecule has 1 saturated carbocycles. The molecule has 0 aromatic carbocycles. The zero-order chi connectivity index (χ0) is 18.2. The minimum Gasteiger partial charge on any atom is -0.748 e. The van der Waals surface area contributed by atoms with E-state index in [0.29, 0.717) is 0 Å². The first-order chi connectivity index (χ1) is 9.21. The summed E-state index contributed by atoms with van der Waals surface area (Å²) in [6, 6.07) is 0. The summed E-state index contributed by atoms with van der Waals surface area (Å²) in [4.78, 5) is 0. The van der Waals surface area contributed by atoms with Crippen molar-refractivity contribution in [3.8, 4) is 0 Å². The molecule has 0 spiro atoms. The van der Waals surface area contributed by atoms with Crippen molar-refractivity contribution in [2.75, 3.05) is 5.75 Å². The van der Waals surface area contributed by atoms with E-state index in [4.69, 9.17) is 0 Å². The van der Waals surface area contributed by atoms with Crippen molar-refractivity contribution in [2.24, 2.45) is 0 Å². The summed E-state index contributed by atoms with van der Waals surface area (Å²) in [5.41, 5.74) is -6.77. The molecule has 22 heavy (non-hydrogen) atoms. The normalized spacial score (nSPS) is 30.7. The van der Waals surface area contributed by atoms with Gasteiger partial charge in [-0.3, -0.25) is 0 Å². The Labute approximate surface area is 113 Å². The van der Waals surface area contributed by atoms with Gasteiger partial charge in [0.1, 0.15) is 0 Å². The van der Waals surface area contributed by atoms with Crippen LogP contribution in [0.3, 0.4) is 0 Å². The van der Waals surface area contributed by atoms with Gasteiger partial charge in [-0.1, -0.05) is 0 Å². The molecule has 0 amide bonds. The molecule has 1 aliphatic carbocycles. The predicted octanol–water partition coefficient (Wildman–Crippen LogP) is 2.43. The van der Waals surface area contributed by atoms with Crippen LogP contribution in [0.2, 0.25) is 0 Å². The van der Waals surface area contributed by atoms with Crippen LogP contribution >= 0.6 is 0 Å². The Bertz CT molecular complexity index is 550. The molecule has 0 aliphatic heterocycles. The lowest BCUT2D eigenvalue weighted by Gasteiger charge is -2.52. The van der Waals surface area contributed by atoms with Crippen LogP contribution in [0.4, 0.5) is 48.3 Å². The molecule has 0 heterocycles. The minimum absolute atomic E-state index is 3.78. The molecular formula is C7H2F11O3S-. The van der Waals surface area contributed by atoms with E-state index in [1.807, 2.05) is 0 Å². The van der Waals surface area contributed by atoms with Gasteiger partial charge in [-0.15, -0.1) is 0 Å². The summed E-state index contributed by atoms with van der Waals surface area (Å²) < 4.78 is 173. The van der Waals surface area contributed by atoms with Crippen molar-refractivity contribution in [1.82, 2.24) is 0 Å². The summed E-state index contributed by atoms with van der Waals surface area (Å²) in [7, 11) is -6.56. The molecule has 0 atom stereocenters. The van der Waals surface area contributed by atoms with Crippen LogP contribution in [-0.2, 0) is 10.1 Å². The highest BCUT2D eigenvalue weighted by Crippen LogP contribution is 2.69. The number of halogens is 11. The second kappa shape index (κ2) is 4.15. The van der Waals surface area contributed by atoms with E-state index in [1.54, 1.807) is 0 Å². The van der Waals surface area contributed by atoms with Gasteiger partial charge in [0, 0.05) is 0 Å². The van der Waals surface area contributed by atoms with E-state index < -0.39 is 51.2 Å². The van der Waals surface area contributed by atoms with Crippen LogP contribution in [0.15, 0.2) is 0 Å². The maximum atomic E-state index is 13.6. The van der Waals surface area contributed by atoms with Gasteiger partial charge in [-0.2, -0.15) is 43.9 Å². The van der Waals surface area contributed by atoms with Crippen molar-refractivity contribution in [1.29, 1.82) is 0 Å². The number of hydrogen-bond acceptors (Lipinski definition) is 3. The SMILES string of the molecule is O=S(=O)([O-])CC1(F)C(F)(F)C(F)(F)C(F)(F)C(F)(F)C1(F)F. The monoisotopic (exact) mass is 375 g/mol. The number of hydrogen-bond donors (Lipinski definition) is 0. The van der Waals surface area contributed by atoms with E-state index in [0.717, 1.165) is 0 Å². The average molecular weight is 375 g/mol. The van der Waals surface area contributed by atoms with Gasteiger partial charge < -0.3 is 4.55 Å². The Kier molecular flexibility index (Phi) is 3.62. The quantitative estimate of drug-likeness (QED) is 0.550. The Morgan fingerprint density at radius 3 is 1.05 bits per heavy atom. The highest BCUT2D eigenvalue weighted by molar-refractivity contribution is 7.85. The fraction of sp³-hybridized carbons (Fsp3) is 1.00. The summed E-state index contributed by atoms with van der Waals surface area (Å²) in [6.07, 6.45) is 0. The Morgan fingerprint density at radius 2 is 0.818 bits per heavy atom. The lowest BCUT2D eigenvalue weighted by atomic mass is 9.73. The Balaban J connectivity index is 3.85. The molecule has 0 radical (unpaired) electrons. The molecule has 0 unspecified atom stereocenters. The first kappa shape index (κ1) is 19.2. The highest BCUT2D eigenvalue weighted by Gasteiger charge is 3.01. The highest BCUT2D eigenvalue weighted by atomic mass is 32.2. The molecule has 1 fully saturated rings. The summed E-state index contributed by atoms with van der Waals surface area (Å²) in [6.45, 7) is 0. The molecule has 0 aromatic rings. The van der Waals surface area contributed by atoms with Gasteiger partial charge in [0.15, 0.2) is 0 Å². The summed E-state index contributed by atoms with van der Waals surface area (Å²) in [5.74, 6) is -40.6. The molecule has 1 rings (SSSR count). The second-order valence-corrected chi connectivity index (χ2v) is 5.78. The second-order valence-electron chi connectivity index (χ2n) is 4.38. The van der Waals surface area contributed by atoms with E-state index in [2.05, 4.69) is 0 Å². The standard InChI is InChI=1S/C7H3F11O3S/c8-2(1-22(19,20)21)3(9,10)5(13,14)7(17,18)6(15,16)4(2,11)12/h1H2,(H,19,20,21)/p-1. The summed E-state index contributed by atoms with van der Waals surface area (Å²) in [5, 5.41) is 0. The van der Waals surface area contributed by atoms with Gasteiger partial charge in [0.25, 0.3) is 5.67 Å². The van der Waals surface area contributed by atoms with E-state index in [1.165, 1.54) is 0 Å². The molecule has 15 heteroatoms. The van der Waals surface area contributed by atoms with Crippen molar-refractivity contribution < 1.29 is 61.3 Å². The van der Waals surface area contributed by atoms with Gasteiger partial charge in [0.05, 0.1) is 15.9 Å². The predicted molar refractivity (Wildman–Crippen MR) is 43.1 cm³/mol. The first-order valence-electron chi connectivity index (χ1n) is 4.72. The average Bonchev–Trinajstić information content (AvgIpc) is 2.23. The molecule has 1 aliphatic rings. The van der Waals surface area contributed by atoms with E-state index >= 15 is 0 Å². The largest absolute Gasteiger partial charge is 0.748 e. The van der Waals surface area contributed by atoms with Gasteiger partial charge in [-0.05, 0) is 0 Å². The van der Waals surface area contributed by atoms with Crippen molar-refractivity contribution in [2.45, 2.75) is 35.3 Å². The van der Waals surface area contributed by atoms with Crippen molar-refractivity contribution in [3.63, 3.8) is 0 Å². The van der Waals surface area contributed by atoms with Crippen molar-refractivity contribution >= 4 is 10.1 Å². The van der Waals surface area contributed by atoms with Gasteiger partial charge in [0.2, 0.25) is 0 Å². The molecule has 0 saturated heterocycles. The fourth-order valence-electron chi connectivity index (χ4n) is 1.71. The maximum Gasteiger partial charge on any atom is 0.384 e. The fourth-order valence-corrected chi connectivity index (χ4v) is 2.56. The van der Waals surface area contributed by atoms with Gasteiger partial charge in [-0.25, -0.2) is 12.8 Å². The molecule has 0 aromatic heterocycles. The minimum atomic E-state index is -7.44. The third-order valence-corrected chi connectivity index (χ3v) is 3.70. The molecule has 0 bridgehead atoms. The molecule has 132 valence electrons. The Morgan fingerprint density at radius 1 is 0.591 bits per heavy atom. The zero-order valence-electron chi connectivity index (χ0n) is 9.50. The summed E-state index contributed by atoms with van der Waals surface area (Å²) >= 11 is 0. The Hall–Kier alpha value is -0.860. The van der Waals surface area contributed by atoms with Crippen LogP contribution in [0.5, 0.6) is 0 Å². The molecular weight excluding hydrogens is 373 g/mol. The topological polar surface area (TPSA) is 57.2 Å². The first-order valence-corrected chi connectivity index (χ1v) is 6.30. The smallest absolute Gasteiger partial charge is 0.384 e. The van der Waals surface area contributed by atoms with Gasteiger partial charge >= 0.3 is 29.6 Å². The van der Waals surface area contributed by atoms with Crippen LogP contribution in [0.1, 0.15) is 0 Å². The maximum absolute atomic E-state index is 13.6. The van der Waals surface area contributed by atoms with Crippen molar-refractivity contribution in [3.05, 3.63) is 0 Å². The third kappa shape index (κ3) is 1.80. The van der Waals surface area contributed by atoms with Crippen LogP contribution < -0.4 is 0 Å². The van der Waals surface area contributed by atoms with E-state index in [9.17, 15) is 61.3 Å². The lowest BCUT2D eigenvalue weighted by Crippen LogP contribution is -2.84. The van der Waals surface area contributed by atoms with E-state index in [-0.39, 0.29) is 0 Å². The number of alkyl halides is 11. The zero-order valence-corrected chi connectivity index (χ0v) is 10.3. The van der Waals surface area contributed by atoms with Crippen LogP contribution in [0, 0.1) is 0 Å².